The molecule has 0 atom stereocenters. The summed E-state index contributed by atoms with van der Waals surface area (Å²) in [4.78, 5) is 12.4. The molecule has 0 radical (unpaired) electrons. The van der Waals surface area contributed by atoms with E-state index in [1.807, 2.05) is 19.1 Å². The van der Waals surface area contributed by atoms with Crippen LogP contribution in [0.25, 0.3) is 10.8 Å². The molecular formula is C17H15NOS2. The molecule has 0 spiro atoms. The topological polar surface area (TPSA) is 22.0 Å². The molecule has 2 nitrogen and oxygen atoms in total. The van der Waals surface area contributed by atoms with E-state index in [9.17, 15) is 4.79 Å². The van der Waals surface area contributed by atoms with Crippen LogP contribution >= 0.6 is 23.6 Å². The molecule has 3 rings (SSSR count). The predicted octanol–water partition coefficient (Wildman–Crippen LogP) is 4.99. The van der Waals surface area contributed by atoms with E-state index in [1.54, 1.807) is 6.92 Å². The highest BCUT2D eigenvalue weighted by Gasteiger charge is 2.13. The van der Waals surface area contributed by atoms with Gasteiger partial charge in [-0.1, -0.05) is 42.5 Å². The summed E-state index contributed by atoms with van der Waals surface area (Å²) in [7, 11) is 0. The number of ketones is 1. The van der Waals surface area contributed by atoms with Gasteiger partial charge < -0.3 is 4.57 Å². The SMILES string of the molecule is CC(=O)c1sc(=S)n(Cc2cccc3ccccc23)c1C. The number of carbonyl (C=O) groups excluding carboxylic acids is 1. The smallest absolute Gasteiger partial charge is 0.171 e. The Labute approximate surface area is 132 Å². The number of hydrogen-bond donors (Lipinski definition) is 0. The fourth-order valence-electron chi connectivity index (χ4n) is 2.59. The van der Waals surface area contributed by atoms with Crippen LogP contribution in [0.2, 0.25) is 0 Å². The molecule has 0 aliphatic carbocycles. The van der Waals surface area contributed by atoms with Gasteiger partial charge in [0.2, 0.25) is 0 Å². The van der Waals surface area contributed by atoms with Gasteiger partial charge >= 0.3 is 0 Å². The summed E-state index contributed by atoms with van der Waals surface area (Å²) in [5, 5.41) is 2.46. The number of fused-ring (bicyclic) bond motifs is 1. The van der Waals surface area contributed by atoms with Gasteiger partial charge in [-0.3, -0.25) is 4.79 Å². The van der Waals surface area contributed by atoms with Crippen LogP contribution in [0.1, 0.15) is 27.9 Å². The molecule has 0 saturated heterocycles. The van der Waals surface area contributed by atoms with Crippen LogP contribution in [0.15, 0.2) is 42.5 Å². The maximum Gasteiger partial charge on any atom is 0.171 e. The van der Waals surface area contributed by atoms with E-state index in [0.717, 1.165) is 14.5 Å². The molecule has 0 aliphatic rings. The van der Waals surface area contributed by atoms with E-state index < -0.39 is 0 Å². The Morgan fingerprint density at radius 3 is 2.62 bits per heavy atom. The maximum absolute atomic E-state index is 11.6. The van der Waals surface area contributed by atoms with Crippen molar-refractivity contribution >= 4 is 40.1 Å². The quantitative estimate of drug-likeness (QED) is 0.502. The summed E-state index contributed by atoms with van der Waals surface area (Å²) in [5.74, 6) is 0.0836. The molecule has 2 aromatic carbocycles. The van der Waals surface area contributed by atoms with Crippen molar-refractivity contribution in [3.8, 4) is 0 Å². The Bertz CT molecular complexity index is 884. The molecule has 21 heavy (non-hydrogen) atoms. The number of carbonyl (C=O) groups is 1. The molecule has 0 saturated carbocycles. The van der Waals surface area contributed by atoms with E-state index in [4.69, 9.17) is 12.2 Å². The lowest BCUT2D eigenvalue weighted by Crippen LogP contribution is -2.04. The first-order valence-electron chi connectivity index (χ1n) is 6.75. The lowest BCUT2D eigenvalue weighted by atomic mass is 10.0. The minimum absolute atomic E-state index is 0.0836. The predicted molar refractivity (Wildman–Crippen MR) is 90.9 cm³/mol. The van der Waals surface area contributed by atoms with Crippen molar-refractivity contribution in [2.45, 2.75) is 20.4 Å². The molecule has 0 bridgehead atoms. The summed E-state index contributed by atoms with van der Waals surface area (Å²) >= 11 is 6.83. The zero-order chi connectivity index (χ0) is 15.0. The van der Waals surface area contributed by atoms with E-state index >= 15 is 0 Å². The number of thiazole rings is 1. The normalized spacial score (nSPS) is 11.0. The molecule has 0 aliphatic heterocycles. The second-order valence-corrected chi connectivity index (χ2v) is 6.71. The molecular weight excluding hydrogens is 298 g/mol. The molecule has 0 fully saturated rings. The Morgan fingerprint density at radius 2 is 1.90 bits per heavy atom. The van der Waals surface area contributed by atoms with Gasteiger partial charge in [-0.05, 0) is 35.5 Å². The summed E-state index contributed by atoms with van der Waals surface area (Å²) < 4.78 is 2.81. The molecule has 106 valence electrons. The average Bonchev–Trinajstić information content (AvgIpc) is 2.76. The van der Waals surface area contributed by atoms with Gasteiger partial charge in [-0.15, -0.1) is 11.3 Å². The lowest BCUT2D eigenvalue weighted by Gasteiger charge is -2.09. The zero-order valence-electron chi connectivity index (χ0n) is 11.9. The third kappa shape index (κ3) is 2.57. The fraction of sp³-hybridized carbons (Fsp3) is 0.176. The van der Waals surface area contributed by atoms with Crippen molar-refractivity contribution < 1.29 is 4.79 Å². The minimum Gasteiger partial charge on any atom is -0.322 e. The highest BCUT2D eigenvalue weighted by atomic mass is 32.1. The first kappa shape index (κ1) is 14.2. The number of hydrogen-bond acceptors (Lipinski definition) is 3. The number of Topliss-reactive ketones (excluding diaryl/α,β-unsaturated/α-hetero) is 1. The summed E-state index contributed by atoms with van der Waals surface area (Å²) in [5.41, 5.74) is 2.19. The molecule has 1 aromatic heterocycles. The van der Waals surface area contributed by atoms with Crippen molar-refractivity contribution in [1.29, 1.82) is 0 Å². The Hall–Kier alpha value is -1.78. The first-order valence-corrected chi connectivity index (χ1v) is 7.98. The van der Waals surface area contributed by atoms with Gasteiger partial charge in [0.1, 0.15) is 0 Å². The largest absolute Gasteiger partial charge is 0.322 e. The maximum atomic E-state index is 11.6. The van der Waals surface area contributed by atoms with E-state index in [2.05, 4.69) is 34.9 Å². The zero-order valence-corrected chi connectivity index (χ0v) is 13.6. The summed E-state index contributed by atoms with van der Waals surface area (Å²) in [6.45, 7) is 4.26. The van der Waals surface area contributed by atoms with Crippen LogP contribution in [-0.4, -0.2) is 10.4 Å². The molecule has 4 heteroatoms. The van der Waals surface area contributed by atoms with Gasteiger partial charge in [0.15, 0.2) is 9.74 Å². The van der Waals surface area contributed by atoms with Crippen molar-refractivity contribution in [3.05, 3.63) is 62.6 Å². The van der Waals surface area contributed by atoms with Crippen molar-refractivity contribution in [3.63, 3.8) is 0 Å². The van der Waals surface area contributed by atoms with Gasteiger partial charge in [-0.25, -0.2) is 0 Å². The average molecular weight is 313 g/mol. The van der Waals surface area contributed by atoms with Crippen LogP contribution < -0.4 is 0 Å². The van der Waals surface area contributed by atoms with E-state index in [-0.39, 0.29) is 5.78 Å². The Morgan fingerprint density at radius 1 is 1.19 bits per heavy atom. The highest BCUT2D eigenvalue weighted by molar-refractivity contribution is 7.73. The second-order valence-electron chi connectivity index (χ2n) is 5.06. The van der Waals surface area contributed by atoms with E-state index in [0.29, 0.717) is 6.54 Å². The molecule has 0 unspecified atom stereocenters. The Balaban J connectivity index is 2.12. The van der Waals surface area contributed by atoms with Crippen molar-refractivity contribution in [1.82, 2.24) is 4.57 Å². The van der Waals surface area contributed by atoms with E-state index in [1.165, 1.54) is 27.7 Å². The molecule has 1 heterocycles. The van der Waals surface area contributed by atoms with Gasteiger partial charge in [0, 0.05) is 12.6 Å². The van der Waals surface area contributed by atoms with Crippen molar-refractivity contribution in [2.75, 3.05) is 0 Å². The standard InChI is InChI=1S/C17H15NOS2/c1-11-16(12(2)19)21-17(20)18(11)10-14-8-5-7-13-6-3-4-9-15(13)14/h3-9H,10H2,1-2H3. The van der Waals surface area contributed by atoms with Gasteiger partial charge in [0.25, 0.3) is 0 Å². The van der Waals surface area contributed by atoms with Gasteiger partial charge in [-0.2, -0.15) is 0 Å². The third-order valence-corrected chi connectivity index (χ3v) is 5.32. The lowest BCUT2D eigenvalue weighted by molar-refractivity contribution is 0.102. The van der Waals surface area contributed by atoms with Crippen LogP contribution in [0.4, 0.5) is 0 Å². The second kappa shape index (κ2) is 5.54. The number of rotatable bonds is 3. The molecule has 3 aromatic rings. The van der Waals surface area contributed by atoms with Crippen LogP contribution in [0, 0.1) is 10.9 Å². The summed E-state index contributed by atoms with van der Waals surface area (Å²) in [6.07, 6.45) is 0. The van der Waals surface area contributed by atoms with Crippen LogP contribution in [0.5, 0.6) is 0 Å². The third-order valence-electron chi connectivity index (χ3n) is 3.67. The number of aromatic nitrogens is 1. The number of benzene rings is 2. The molecule has 0 N–H and O–H groups in total. The Kier molecular flexibility index (Phi) is 3.74. The summed E-state index contributed by atoms with van der Waals surface area (Å²) in [6, 6.07) is 14.6. The molecule has 0 amide bonds. The monoisotopic (exact) mass is 313 g/mol. The van der Waals surface area contributed by atoms with Crippen LogP contribution in [-0.2, 0) is 6.54 Å². The van der Waals surface area contributed by atoms with Crippen molar-refractivity contribution in [2.24, 2.45) is 0 Å². The highest BCUT2D eigenvalue weighted by Crippen LogP contribution is 2.24. The first-order chi connectivity index (χ1) is 10.1. The number of nitrogens with zero attached hydrogens (tertiary/aromatic N) is 1. The van der Waals surface area contributed by atoms with Gasteiger partial charge in [0.05, 0.1) is 11.4 Å². The fourth-order valence-corrected chi connectivity index (χ4v) is 3.93. The van der Waals surface area contributed by atoms with Crippen LogP contribution in [0.3, 0.4) is 0 Å². The minimum atomic E-state index is 0.0836.